The molecule has 6 nitrogen and oxygen atoms in total. The number of nitrogens with one attached hydrogen (secondary N) is 2. The number of rotatable bonds is 10. The van der Waals surface area contributed by atoms with E-state index in [1.54, 1.807) is 27.7 Å². The number of unbranched alkanes of at least 4 members (excludes halogenated alkanes) is 1. The molecule has 148 valence electrons. The monoisotopic (exact) mass is 358 g/mol. The minimum atomic E-state index is -0.804. The van der Waals surface area contributed by atoms with Gasteiger partial charge in [0.05, 0.1) is 12.1 Å². The SMILES string of the molecule is CCCCNC(=O)[C@H](C)C[C@@H](O)[C@H](CC(C)C)NC(=O)OC(C)(C)C. The standard InChI is InChI=1S/C19H38N2O4/c1-8-9-10-20-17(23)14(4)12-16(22)15(11-13(2)3)21-18(24)25-19(5,6)7/h13-16,22H,8-12H2,1-7H3,(H,20,23)(H,21,24)/t14-,15+,16-/m1/s1. The van der Waals surface area contributed by atoms with Crippen LogP contribution >= 0.6 is 0 Å². The van der Waals surface area contributed by atoms with Gasteiger partial charge in [-0.15, -0.1) is 0 Å². The summed E-state index contributed by atoms with van der Waals surface area (Å²) in [5.41, 5.74) is -0.593. The van der Waals surface area contributed by atoms with E-state index in [2.05, 4.69) is 17.6 Å². The molecule has 0 aliphatic heterocycles. The van der Waals surface area contributed by atoms with Crippen LogP contribution in [-0.2, 0) is 9.53 Å². The van der Waals surface area contributed by atoms with Crippen LogP contribution in [-0.4, -0.2) is 41.4 Å². The molecule has 3 N–H and O–H groups in total. The lowest BCUT2D eigenvalue weighted by molar-refractivity contribution is -0.125. The van der Waals surface area contributed by atoms with Crippen LogP contribution in [0.5, 0.6) is 0 Å². The summed E-state index contributed by atoms with van der Waals surface area (Å²) >= 11 is 0. The second-order valence-corrected chi connectivity index (χ2v) is 8.23. The van der Waals surface area contributed by atoms with Crippen molar-refractivity contribution in [3.05, 3.63) is 0 Å². The summed E-state index contributed by atoms with van der Waals surface area (Å²) in [5.74, 6) is -0.0849. The second-order valence-electron chi connectivity index (χ2n) is 8.23. The Hall–Kier alpha value is -1.30. The first-order valence-corrected chi connectivity index (χ1v) is 9.41. The fourth-order valence-electron chi connectivity index (χ4n) is 2.48. The summed E-state index contributed by atoms with van der Waals surface area (Å²) in [6.45, 7) is 14.0. The quantitative estimate of drug-likeness (QED) is 0.523. The lowest BCUT2D eigenvalue weighted by Crippen LogP contribution is -2.47. The first-order chi connectivity index (χ1) is 11.5. The predicted molar refractivity (Wildman–Crippen MR) is 100 cm³/mol. The van der Waals surface area contributed by atoms with Crippen molar-refractivity contribution in [3.8, 4) is 0 Å². The van der Waals surface area contributed by atoms with Gasteiger partial charge in [0.15, 0.2) is 0 Å². The van der Waals surface area contributed by atoms with Crippen LogP contribution in [0.2, 0.25) is 0 Å². The van der Waals surface area contributed by atoms with Crippen LogP contribution in [0, 0.1) is 11.8 Å². The van der Waals surface area contributed by atoms with Crippen molar-refractivity contribution in [3.63, 3.8) is 0 Å². The molecular weight excluding hydrogens is 320 g/mol. The number of hydrogen-bond donors (Lipinski definition) is 3. The highest BCUT2D eigenvalue weighted by molar-refractivity contribution is 5.78. The van der Waals surface area contributed by atoms with E-state index in [4.69, 9.17) is 4.74 Å². The van der Waals surface area contributed by atoms with E-state index in [0.29, 0.717) is 25.3 Å². The van der Waals surface area contributed by atoms with E-state index in [-0.39, 0.29) is 11.8 Å². The second kappa shape index (κ2) is 11.3. The van der Waals surface area contributed by atoms with Gasteiger partial charge < -0.3 is 20.5 Å². The third-order valence-corrected chi connectivity index (χ3v) is 3.76. The first-order valence-electron chi connectivity index (χ1n) is 9.41. The Balaban J connectivity index is 4.69. The van der Waals surface area contributed by atoms with Crippen molar-refractivity contribution >= 4 is 12.0 Å². The van der Waals surface area contributed by atoms with Crippen molar-refractivity contribution in [1.29, 1.82) is 0 Å². The maximum Gasteiger partial charge on any atom is 0.407 e. The summed E-state index contributed by atoms with van der Waals surface area (Å²) < 4.78 is 5.28. The lowest BCUT2D eigenvalue weighted by atomic mass is 9.92. The van der Waals surface area contributed by atoms with Gasteiger partial charge in [0, 0.05) is 12.5 Å². The molecule has 2 amide bonds. The number of amides is 2. The highest BCUT2D eigenvalue weighted by Gasteiger charge is 2.28. The van der Waals surface area contributed by atoms with Crippen LogP contribution in [0.4, 0.5) is 4.79 Å². The Morgan fingerprint density at radius 3 is 2.20 bits per heavy atom. The molecule has 0 aromatic rings. The summed E-state index contributed by atoms with van der Waals surface area (Å²) in [6.07, 6.45) is 1.53. The average Bonchev–Trinajstić information content (AvgIpc) is 2.43. The van der Waals surface area contributed by atoms with Gasteiger partial charge >= 0.3 is 6.09 Å². The lowest BCUT2D eigenvalue weighted by Gasteiger charge is -2.29. The van der Waals surface area contributed by atoms with Gasteiger partial charge in [-0.2, -0.15) is 0 Å². The van der Waals surface area contributed by atoms with Crippen LogP contribution in [0.1, 0.15) is 74.1 Å². The van der Waals surface area contributed by atoms with Gasteiger partial charge in [-0.3, -0.25) is 4.79 Å². The smallest absolute Gasteiger partial charge is 0.407 e. The van der Waals surface area contributed by atoms with Crippen molar-refractivity contribution < 1.29 is 19.4 Å². The Morgan fingerprint density at radius 1 is 1.12 bits per heavy atom. The van der Waals surface area contributed by atoms with Crippen LogP contribution in [0.15, 0.2) is 0 Å². The number of carbonyl (C=O) groups is 2. The fourth-order valence-corrected chi connectivity index (χ4v) is 2.48. The predicted octanol–water partition coefficient (Wildman–Crippen LogP) is 3.23. The molecule has 3 atom stereocenters. The fraction of sp³-hybridized carbons (Fsp3) is 0.895. The molecule has 6 heteroatoms. The molecule has 0 bridgehead atoms. The van der Waals surface area contributed by atoms with Crippen molar-refractivity contribution in [2.45, 2.75) is 91.9 Å². The number of ether oxygens (including phenoxy) is 1. The van der Waals surface area contributed by atoms with Gasteiger partial charge in [-0.1, -0.05) is 34.1 Å². The third kappa shape index (κ3) is 11.8. The summed E-state index contributed by atoms with van der Waals surface area (Å²) in [7, 11) is 0. The molecule has 0 spiro atoms. The van der Waals surface area contributed by atoms with Gasteiger partial charge in [0.1, 0.15) is 5.60 Å². The molecule has 0 radical (unpaired) electrons. The number of hydrogen-bond acceptors (Lipinski definition) is 4. The zero-order valence-electron chi connectivity index (χ0n) is 17.0. The Bertz CT molecular complexity index is 405. The topological polar surface area (TPSA) is 87.7 Å². The molecule has 0 aliphatic carbocycles. The number of aliphatic hydroxyl groups excluding tert-OH is 1. The molecule has 0 aromatic heterocycles. The normalized spacial score (nSPS) is 15.4. The van der Waals surface area contributed by atoms with E-state index >= 15 is 0 Å². The van der Waals surface area contributed by atoms with Crippen molar-refractivity contribution in [1.82, 2.24) is 10.6 Å². The number of carbonyl (C=O) groups excluding carboxylic acids is 2. The van der Waals surface area contributed by atoms with Gasteiger partial charge in [0.25, 0.3) is 0 Å². The Kier molecular flexibility index (Phi) is 10.8. The molecule has 0 unspecified atom stereocenters. The number of aliphatic hydroxyl groups is 1. The van der Waals surface area contributed by atoms with Crippen LogP contribution in [0.3, 0.4) is 0 Å². The number of alkyl carbamates (subject to hydrolysis) is 1. The molecule has 0 heterocycles. The largest absolute Gasteiger partial charge is 0.444 e. The molecule has 25 heavy (non-hydrogen) atoms. The van der Waals surface area contributed by atoms with E-state index in [0.717, 1.165) is 12.8 Å². The molecule has 0 aliphatic rings. The zero-order valence-corrected chi connectivity index (χ0v) is 17.0. The molecule has 0 fully saturated rings. The van der Waals surface area contributed by atoms with Crippen LogP contribution < -0.4 is 10.6 Å². The Labute approximate surface area is 153 Å². The zero-order chi connectivity index (χ0) is 19.6. The maximum atomic E-state index is 12.1. The summed E-state index contributed by atoms with van der Waals surface area (Å²) in [5, 5.41) is 16.2. The average molecular weight is 359 g/mol. The highest BCUT2D eigenvalue weighted by atomic mass is 16.6. The third-order valence-electron chi connectivity index (χ3n) is 3.76. The minimum Gasteiger partial charge on any atom is -0.444 e. The van der Waals surface area contributed by atoms with Gasteiger partial charge in [0.2, 0.25) is 5.91 Å². The van der Waals surface area contributed by atoms with Crippen molar-refractivity contribution in [2.24, 2.45) is 11.8 Å². The van der Waals surface area contributed by atoms with E-state index < -0.39 is 23.8 Å². The first kappa shape index (κ1) is 23.7. The Morgan fingerprint density at radius 2 is 1.72 bits per heavy atom. The minimum absolute atomic E-state index is 0.0620. The molecule has 0 rings (SSSR count). The summed E-state index contributed by atoms with van der Waals surface area (Å²) in [4.78, 5) is 24.1. The molecular formula is C19H38N2O4. The molecule has 0 aromatic carbocycles. The van der Waals surface area contributed by atoms with Gasteiger partial charge in [-0.25, -0.2) is 4.79 Å². The van der Waals surface area contributed by atoms with E-state index in [9.17, 15) is 14.7 Å². The maximum absolute atomic E-state index is 12.1. The van der Waals surface area contributed by atoms with E-state index in [1.165, 1.54) is 0 Å². The molecule has 0 saturated heterocycles. The molecule has 0 saturated carbocycles. The summed E-state index contributed by atoms with van der Waals surface area (Å²) in [6, 6.07) is -0.444. The van der Waals surface area contributed by atoms with Gasteiger partial charge in [-0.05, 0) is 46.0 Å². The van der Waals surface area contributed by atoms with Crippen LogP contribution in [0.25, 0.3) is 0 Å². The van der Waals surface area contributed by atoms with E-state index in [1.807, 2.05) is 13.8 Å². The van der Waals surface area contributed by atoms with Crippen molar-refractivity contribution in [2.75, 3.05) is 6.54 Å². The highest BCUT2D eigenvalue weighted by Crippen LogP contribution is 2.16.